The molecule has 2 aliphatic heterocycles. The van der Waals surface area contributed by atoms with Crippen LogP contribution in [0.2, 0.25) is 0 Å². The van der Waals surface area contributed by atoms with Crippen LogP contribution in [0.25, 0.3) is 0 Å². The third kappa shape index (κ3) is 5.50. The molecule has 0 spiro atoms. The molecule has 4 N–H and O–H groups in total. The molecule has 0 atom stereocenters. The Morgan fingerprint density at radius 2 is 0.970 bits per heavy atom. The van der Waals surface area contributed by atoms with Crippen molar-refractivity contribution in [3.63, 3.8) is 0 Å². The lowest BCUT2D eigenvalue weighted by Gasteiger charge is -2.51. The summed E-state index contributed by atoms with van der Waals surface area (Å²) in [6.45, 7) is 16.4. The first kappa shape index (κ1) is 25.9. The standard InChI is InChI=1S/C23H44N8O2/c1-20(2)11-15(12-21(3,4)30(20)32)24-17-26-18(28-19(27-17)29(9)10)25-16-13-22(5,6)31(33)23(7,8)14-16/h15-16,32-33H,11-14H2,1-10H3,(H2,24,25,26,27,28). The van der Waals surface area contributed by atoms with Gasteiger partial charge >= 0.3 is 0 Å². The quantitative estimate of drug-likeness (QED) is 0.516. The highest BCUT2D eigenvalue weighted by atomic mass is 16.5. The first-order valence-electron chi connectivity index (χ1n) is 11.9. The van der Waals surface area contributed by atoms with Crippen LogP contribution in [0.3, 0.4) is 0 Å². The molecule has 188 valence electrons. The molecule has 1 aromatic rings. The summed E-state index contributed by atoms with van der Waals surface area (Å²) in [5, 5.41) is 31.2. The molecule has 3 rings (SSSR count). The monoisotopic (exact) mass is 464 g/mol. The number of hydroxylamine groups is 4. The minimum atomic E-state index is -0.368. The maximum atomic E-state index is 10.6. The smallest absolute Gasteiger partial charge is 0.231 e. The molecule has 2 saturated heterocycles. The topological polar surface area (TPSA) is 113 Å². The van der Waals surface area contributed by atoms with Gasteiger partial charge < -0.3 is 25.9 Å². The van der Waals surface area contributed by atoms with E-state index in [-0.39, 0.29) is 34.2 Å². The number of aromatic nitrogens is 3. The van der Waals surface area contributed by atoms with E-state index in [2.05, 4.69) is 20.6 Å². The molecule has 10 heteroatoms. The summed E-state index contributed by atoms with van der Waals surface area (Å²) in [5.74, 6) is 1.63. The highest BCUT2D eigenvalue weighted by Crippen LogP contribution is 2.39. The Balaban J connectivity index is 1.83. The number of piperidine rings is 2. The van der Waals surface area contributed by atoms with Crippen LogP contribution in [-0.2, 0) is 0 Å². The summed E-state index contributed by atoms with van der Waals surface area (Å²) in [6.07, 6.45) is 3.04. The van der Waals surface area contributed by atoms with E-state index in [4.69, 9.17) is 4.98 Å². The number of hydrogen-bond donors (Lipinski definition) is 4. The van der Waals surface area contributed by atoms with Gasteiger partial charge in [-0.15, -0.1) is 0 Å². The molecule has 3 heterocycles. The van der Waals surface area contributed by atoms with Gasteiger partial charge in [0.2, 0.25) is 17.8 Å². The average Bonchev–Trinajstić information content (AvgIpc) is 2.63. The van der Waals surface area contributed by atoms with Gasteiger partial charge in [0.05, 0.1) is 0 Å². The van der Waals surface area contributed by atoms with Crippen LogP contribution >= 0.6 is 0 Å². The van der Waals surface area contributed by atoms with Crippen LogP contribution < -0.4 is 15.5 Å². The third-order valence-corrected chi connectivity index (χ3v) is 6.97. The van der Waals surface area contributed by atoms with Gasteiger partial charge in [0.25, 0.3) is 0 Å². The lowest BCUT2D eigenvalue weighted by molar-refractivity contribution is -0.243. The molecule has 0 aromatic carbocycles. The molecular formula is C23H44N8O2. The molecular weight excluding hydrogens is 420 g/mol. The summed E-state index contributed by atoms with van der Waals surface area (Å²) in [6, 6.07) is 0.221. The Morgan fingerprint density at radius 1 is 0.667 bits per heavy atom. The summed E-state index contributed by atoms with van der Waals surface area (Å²) in [4.78, 5) is 15.8. The first-order valence-corrected chi connectivity index (χ1v) is 11.9. The largest absolute Gasteiger partial charge is 0.351 e. The van der Waals surface area contributed by atoms with E-state index < -0.39 is 0 Å². The fourth-order valence-corrected chi connectivity index (χ4v) is 5.80. The van der Waals surface area contributed by atoms with E-state index in [1.807, 2.05) is 74.4 Å². The van der Waals surface area contributed by atoms with E-state index in [0.717, 1.165) is 25.7 Å². The molecule has 0 unspecified atom stereocenters. The Kier molecular flexibility index (Phi) is 6.65. The minimum absolute atomic E-state index is 0.110. The number of hydrogen-bond acceptors (Lipinski definition) is 10. The molecule has 2 fully saturated rings. The molecule has 33 heavy (non-hydrogen) atoms. The van der Waals surface area contributed by atoms with Crippen molar-refractivity contribution in [1.29, 1.82) is 0 Å². The first-order chi connectivity index (χ1) is 14.9. The van der Waals surface area contributed by atoms with Gasteiger partial charge in [-0.3, -0.25) is 0 Å². The van der Waals surface area contributed by atoms with Crippen molar-refractivity contribution in [2.24, 2.45) is 0 Å². The van der Waals surface area contributed by atoms with Crippen molar-refractivity contribution >= 4 is 17.8 Å². The second-order valence-corrected chi connectivity index (χ2v) is 12.5. The minimum Gasteiger partial charge on any atom is -0.351 e. The molecule has 0 radical (unpaired) electrons. The Hall–Kier alpha value is -1.75. The predicted octanol–water partition coefficient (Wildman–Crippen LogP) is 3.58. The van der Waals surface area contributed by atoms with Gasteiger partial charge in [-0.1, -0.05) is 0 Å². The van der Waals surface area contributed by atoms with Crippen LogP contribution in [0, 0.1) is 0 Å². The SMILES string of the molecule is CN(C)c1nc(NC2CC(C)(C)N(O)C(C)(C)C2)nc(NC2CC(C)(C)N(O)C(C)(C)C2)n1. The predicted molar refractivity (Wildman–Crippen MR) is 131 cm³/mol. The van der Waals surface area contributed by atoms with Crippen molar-refractivity contribution in [3.8, 4) is 0 Å². The number of anilines is 3. The summed E-state index contributed by atoms with van der Waals surface area (Å²) in [5.41, 5.74) is -1.47. The van der Waals surface area contributed by atoms with Gasteiger partial charge in [-0.05, 0) is 81.1 Å². The Labute approximate surface area is 198 Å². The summed E-state index contributed by atoms with van der Waals surface area (Å²) >= 11 is 0. The van der Waals surface area contributed by atoms with Gasteiger partial charge in [-0.2, -0.15) is 25.1 Å². The fraction of sp³-hybridized carbons (Fsp3) is 0.870. The molecule has 1 aromatic heterocycles. The van der Waals surface area contributed by atoms with Crippen LogP contribution in [0.15, 0.2) is 0 Å². The van der Waals surface area contributed by atoms with Crippen molar-refractivity contribution in [2.75, 3.05) is 29.6 Å². The maximum Gasteiger partial charge on any atom is 0.231 e. The zero-order valence-electron chi connectivity index (χ0n) is 22.1. The third-order valence-electron chi connectivity index (χ3n) is 6.97. The van der Waals surface area contributed by atoms with Crippen molar-refractivity contribution in [2.45, 2.75) is 115 Å². The fourth-order valence-electron chi connectivity index (χ4n) is 5.80. The van der Waals surface area contributed by atoms with Gasteiger partial charge in [0.15, 0.2) is 0 Å². The molecule has 0 saturated carbocycles. The van der Waals surface area contributed by atoms with Crippen LogP contribution in [0.5, 0.6) is 0 Å². The molecule has 0 bridgehead atoms. The second-order valence-electron chi connectivity index (χ2n) is 12.5. The summed E-state index contributed by atoms with van der Waals surface area (Å²) in [7, 11) is 3.83. The molecule has 2 aliphatic rings. The lowest BCUT2D eigenvalue weighted by atomic mass is 9.79. The molecule has 0 aliphatic carbocycles. The number of rotatable bonds is 5. The maximum absolute atomic E-state index is 10.6. The van der Waals surface area contributed by atoms with Gasteiger partial charge in [0.1, 0.15) is 0 Å². The van der Waals surface area contributed by atoms with E-state index >= 15 is 0 Å². The van der Waals surface area contributed by atoms with Crippen molar-refractivity contribution in [1.82, 2.24) is 25.1 Å². The summed E-state index contributed by atoms with van der Waals surface area (Å²) < 4.78 is 0. The zero-order chi connectivity index (χ0) is 25.0. The molecule has 0 amide bonds. The Bertz CT molecular complexity index is 757. The normalized spacial score (nSPS) is 25.6. The highest BCUT2D eigenvalue weighted by Gasteiger charge is 2.46. The average molecular weight is 465 g/mol. The van der Waals surface area contributed by atoms with E-state index in [1.165, 1.54) is 10.1 Å². The Morgan fingerprint density at radius 3 is 1.24 bits per heavy atom. The zero-order valence-corrected chi connectivity index (χ0v) is 22.1. The number of nitrogens with one attached hydrogen (secondary N) is 2. The number of nitrogens with zero attached hydrogens (tertiary/aromatic N) is 6. The van der Waals surface area contributed by atoms with Crippen LogP contribution in [0.1, 0.15) is 81.1 Å². The lowest BCUT2D eigenvalue weighted by Crippen LogP contribution is -2.61. The van der Waals surface area contributed by atoms with Crippen molar-refractivity contribution in [3.05, 3.63) is 0 Å². The molecule has 10 nitrogen and oxygen atoms in total. The van der Waals surface area contributed by atoms with Gasteiger partial charge in [-0.25, -0.2) is 0 Å². The van der Waals surface area contributed by atoms with E-state index in [1.54, 1.807) is 0 Å². The second kappa shape index (κ2) is 8.48. The van der Waals surface area contributed by atoms with Crippen molar-refractivity contribution < 1.29 is 10.4 Å². The van der Waals surface area contributed by atoms with E-state index in [0.29, 0.717) is 17.8 Å². The van der Waals surface area contributed by atoms with Gasteiger partial charge in [0, 0.05) is 48.3 Å². The van der Waals surface area contributed by atoms with Crippen LogP contribution in [-0.4, -0.2) is 83.8 Å². The highest BCUT2D eigenvalue weighted by molar-refractivity contribution is 5.44. The van der Waals surface area contributed by atoms with Crippen LogP contribution in [0.4, 0.5) is 17.8 Å². The van der Waals surface area contributed by atoms with E-state index in [9.17, 15) is 10.4 Å².